The number of halogens is 1. The number of benzene rings is 3. The van der Waals surface area contributed by atoms with Crippen molar-refractivity contribution in [2.75, 3.05) is 32.2 Å². The summed E-state index contributed by atoms with van der Waals surface area (Å²) in [7, 11) is 1.69. The Morgan fingerprint density at radius 2 is 1.76 bits per heavy atom. The summed E-state index contributed by atoms with van der Waals surface area (Å²) in [6, 6.07) is 19.4. The van der Waals surface area contributed by atoms with Gasteiger partial charge in [-0.2, -0.15) is 0 Å². The van der Waals surface area contributed by atoms with Gasteiger partial charge in [-0.15, -0.1) is 0 Å². The molecule has 4 rings (SSSR count). The van der Waals surface area contributed by atoms with Gasteiger partial charge in [0.1, 0.15) is 19.0 Å². The lowest BCUT2D eigenvalue weighted by Gasteiger charge is -2.21. The van der Waals surface area contributed by atoms with Crippen LogP contribution in [0.25, 0.3) is 0 Å². The summed E-state index contributed by atoms with van der Waals surface area (Å²) in [5.74, 6) is 1.02. The molecule has 1 N–H and O–H groups in total. The minimum absolute atomic E-state index is 0.228. The number of amides is 2. The lowest BCUT2D eigenvalue weighted by atomic mass is 10.1. The molecule has 0 aliphatic carbocycles. The largest absolute Gasteiger partial charge is 0.486 e. The Labute approximate surface area is 196 Å². The molecule has 0 spiro atoms. The van der Waals surface area contributed by atoms with Crippen LogP contribution in [0.2, 0.25) is 5.02 Å². The van der Waals surface area contributed by atoms with Crippen LogP contribution in [0.15, 0.2) is 66.7 Å². The first-order valence-electron chi connectivity index (χ1n) is 10.4. The summed E-state index contributed by atoms with van der Waals surface area (Å²) in [5.41, 5.74) is 1.79. The van der Waals surface area contributed by atoms with Crippen LogP contribution in [-0.4, -0.2) is 43.6 Å². The third-order valence-corrected chi connectivity index (χ3v) is 5.26. The second-order valence-corrected chi connectivity index (χ2v) is 7.91. The molecule has 1 heterocycles. The molecule has 0 atom stereocenters. The fourth-order valence-corrected chi connectivity index (χ4v) is 3.50. The lowest BCUT2D eigenvalue weighted by molar-refractivity contribution is -0.132. The van der Waals surface area contributed by atoms with Crippen molar-refractivity contribution in [3.05, 3.63) is 82.9 Å². The zero-order valence-electron chi connectivity index (χ0n) is 18.0. The maximum Gasteiger partial charge on any atom is 0.260 e. The summed E-state index contributed by atoms with van der Waals surface area (Å²) in [6.45, 7) is 1.17. The molecule has 0 bridgehead atoms. The average molecular weight is 467 g/mol. The number of para-hydroxylation sites is 1. The summed E-state index contributed by atoms with van der Waals surface area (Å²) < 4.78 is 16.8. The van der Waals surface area contributed by atoms with Gasteiger partial charge in [0, 0.05) is 24.3 Å². The summed E-state index contributed by atoms with van der Waals surface area (Å²) in [5, 5.41) is 3.19. The van der Waals surface area contributed by atoms with Crippen LogP contribution in [0.3, 0.4) is 0 Å². The molecule has 0 unspecified atom stereocenters. The number of likely N-dealkylation sites (N-methyl/N-ethyl adjacent to an activating group) is 1. The van der Waals surface area contributed by atoms with Crippen molar-refractivity contribution in [2.45, 2.75) is 6.54 Å². The highest BCUT2D eigenvalue weighted by molar-refractivity contribution is 6.31. The lowest BCUT2D eigenvalue weighted by Crippen LogP contribution is -2.31. The molecule has 3 aromatic rings. The average Bonchev–Trinajstić information content (AvgIpc) is 2.83. The molecule has 170 valence electrons. The number of carbonyl (C=O) groups excluding carboxylic acids is 2. The fourth-order valence-electron chi connectivity index (χ4n) is 3.32. The van der Waals surface area contributed by atoms with Crippen LogP contribution in [-0.2, 0) is 11.3 Å². The standard InChI is InChI=1S/C25H23ClN2O5/c1-28(15-17-7-9-22-23(13-17)32-12-11-31-22)24(29)16-33-21-10-8-18(26)14-20(21)25(30)27-19-5-3-2-4-6-19/h2-10,13-14H,11-12,15-16H2,1H3,(H,27,30). The third-order valence-electron chi connectivity index (χ3n) is 5.02. The van der Waals surface area contributed by atoms with Crippen LogP contribution in [0.4, 0.5) is 5.69 Å². The summed E-state index contributed by atoms with van der Waals surface area (Å²) in [6.07, 6.45) is 0. The van der Waals surface area contributed by atoms with Gasteiger partial charge in [-0.05, 0) is 48.0 Å². The van der Waals surface area contributed by atoms with E-state index >= 15 is 0 Å². The minimum Gasteiger partial charge on any atom is -0.486 e. The molecule has 0 radical (unpaired) electrons. The van der Waals surface area contributed by atoms with Crippen LogP contribution >= 0.6 is 11.6 Å². The van der Waals surface area contributed by atoms with Crippen molar-refractivity contribution in [3.8, 4) is 17.2 Å². The molecule has 0 fully saturated rings. The zero-order valence-corrected chi connectivity index (χ0v) is 18.8. The molecule has 2 amide bonds. The maximum absolute atomic E-state index is 12.8. The molecular formula is C25H23ClN2O5. The molecule has 0 saturated carbocycles. The van der Waals surface area contributed by atoms with Gasteiger partial charge in [-0.1, -0.05) is 35.9 Å². The number of nitrogens with zero attached hydrogens (tertiary/aromatic N) is 1. The van der Waals surface area contributed by atoms with Crippen LogP contribution in [0, 0.1) is 0 Å². The van der Waals surface area contributed by atoms with Crippen molar-refractivity contribution in [2.24, 2.45) is 0 Å². The number of hydrogen-bond donors (Lipinski definition) is 1. The Hall–Kier alpha value is -3.71. The Kier molecular flexibility index (Phi) is 7.00. The highest BCUT2D eigenvalue weighted by Gasteiger charge is 2.18. The Morgan fingerprint density at radius 1 is 1.00 bits per heavy atom. The van der Waals surface area contributed by atoms with E-state index < -0.39 is 0 Å². The first kappa shape index (κ1) is 22.5. The van der Waals surface area contributed by atoms with Gasteiger partial charge in [0.25, 0.3) is 11.8 Å². The summed E-state index contributed by atoms with van der Waals surface area (Å²) >= 11 is 6.09. The van der Waals surface area contributed by atoms with Crippen molar-refractivity contribution < 1.29 is 23.8 Å². The SMILES string of the molecule is CN(Cc1ccc2c(c1)OCCO2)C(=O)COc1ccc(Cl)cc1C(=O)Nc1ccccc1. The Bertz CT molecular complexity index is 1150. The van der Waals surface area contributed by atoms with E-state index in [9.17, 15) is 9.59 Å². The number of rotatable bonds is 7. The van der Waals surface area contributed by atoms with Crippen molar-refractivity contribution in [3.63, 3.8) is 0 Å². The monoisotopic (exact) mass is 466 g/mol. The van der Waals surface area contributed by atoms with Gasteiger partial charge in [-0.3, -0.25) is 9.59 Å². The van der Waals surface area contributed by atoms with E-state index in [0.717, 1.165) is 5.56 Å². The van der Waals surface area contributed by atoms with Crippen molar-refractivity contribution in [1.82, 2.24) is 4.90 Å². The highest BCUT2D eigenvalue weighted by Crippen LogP contribution is 2.31. The number of nitrogens with one attached hydrogen (secondary N) is 1. The van der Waals surface area contributed by atoms with Gasteiger partial charge < -0.3 is 24.4 Å². The second-order valence-electron chi connectivity index (χ2n) is 7.48. The van der Waals surface area contributed by atoms with E-state index in [1.165, 1.54) is 6.07 Å². The van der Waals surface area contributed by atoms with Gasteiger partial charge in [0.2, 0.25) is 0 Å². The predicted octanol–water partition coefficient (Wildman–Crippen LogP) is 4.40. The zero-order chi connectivity index (χ0) is 23.2. The molecule has 1 aliphatic heterocycles. The van der Waals surface area contributed by atoms with Crippen LogP contribution in [0.5, 0.6) is 17.2 Å². The van der Waals surface area contributed by atoms with E-state index in [0.29, 0.717) is 42.0 Å². The van der Waals surface area contributed by atoms with E-state index in [-0.39, 0.29) is 29.7 Å². The molecule has 33 heavy (non-hydrogen) atoms. The molecule has 0 aromatic heterocycles. The van der Waals surface area contributed by atoms with Crippen molar-refractivity contribution in [1.29, 1.82) is 0 Å². The Balaban J connectivity index is 1.39. The number of ether oxygens (including phenoxy) is 3. The second kappa shape index (κ2) is 10.3. The van der Waals surface area contributed by atoms with E-state index in [1.807, 2.05) is 36.4 Å². The normalized spacial score (nSPS) is 12.1. The molecule has 7 nitrogen and oxygen atoms in total. The number of fused-ring (bicyclic) bond motifs is 1. The van der Waals surface area contributed by atoms with Crippen LogP contribution < -0.4 is 19.5 Å². The fraction of sp³-hybridized carbons (Fsp3) is 0.200. The molecule has 1 aliphatic rings. The van der Waals surface area contributed by atoms with E-state index in [2.05, 4.69) is 5.32 Å². The molecule has 3 aromatic carbocycles. The van der Waals surface area contributed by atoms with Crippen LogP contribution in [0.1, 0.15) is 15.9 Å². The van der Waals surface area contributed by atoms with Gasteiger partial charge in [0.05, 0.1) is 5.56 Å². The smallest absolute Gasteiger partial charge is 0.260 e. The molecule has 8 heteroatoms. The topological polar surface area (TPSA) is 77.1 Å². The number of hydrogen-bond acceptors (Lipinski definition) is 5. The predicted molar refractivity (Wildman–Crippen MR) is 125 cm³/mol. The first-order chi connectivity index (χ1) is 16.0. The molecular weight excluding hydrogens is 444 g/mol. The van der Waals surface area contributed by atoms with Crippen molar-refractivity contribution >= 4 is 29.1 Å². The minimum atomic E-state index is -0.379. The van der Waals surface area contributed by atoms with E-state index in [4.69, 9.17) is 25.8 Å². The first-order valence-corrected chi connectivity index (χ1v) is 10.8. The highest BCUT2D eigenvalue weighted by atomic mass is 35.5. The van der Waals surface area contributed by atoms with Gasteiger partial charge in [-0.25, -0.2) is 0 Å². The number of carbonyl (C=O) groups is 2. The number of anilines is 1. The Morgan fingerprint density at radius 3 is 2.55 bits per heavy atom. The van der Waals surface area contributed by atoms with E-state index in [1.54, 1.807) is 36.2 Å². The third kappa shape index (κ3) is 5.75. The maximum atomic E-state index is 12.8. The summed E-state index contributed by atoms with van der Waals surface area (Å²) in [4.78, 5) is 27.0. The van der Waals surface area contributed by atoms with Gasteiger partial charge >= 0.3 is 0 Å². The molecule has 0 saturated heterocycles. The quantitative estimate of drug-likeness (QED) is 0.558. The van der Waals surface area contributed by atoms with Gasteiger partial charge in [0.15, 0.2) is 18.1 Å².